The van der Waals surface area contributed by atoms with Gasteiger partial charge in [0, 0.05) is 6.42 Å². The zero-order valence-electron chi connectivity index (χ0n) is 18.4. The molecule has 1 amide bonds. The predicted octanol–water partition coefficient (Wildman–Crippen LogP) is 4.71. The van der Waals surface area contributed by atoms with Crippen molar-refractivity contribution < 1.29 is 33.7 Å². The van der Waals surface area contributed by atoms with Crippen LogP contribution in [0.3, 0.4) is 0 Å². The van der Waals surface area contributed by atoms with Crippen molar-refractivity contribution in [1.29, 1.82) is 0 Å². The number of carbonyl (C=O) groups is 3. The van der Waals surface area contributed by atoms with Crippen LogP contribution < -0.4 is 14.8 Å². The third kappa shape index (κ3) is 7.94. The number of carbonyl (C=O) groups excluding carboxylic acids is 2. The summed E-state index contributed by atoms with van der Waals surface area (Å²) in [6.45, 7) is 4.06. The maximum absolute atomic E-state index is 12.9. The maximum Gasteiger partial charge on any atom is 0.411 e. The highest BCUT2D eigenvalue weighted by Crippen LogP contribution is 2.30. The monoisotopic (exact) mass is 443 g/mol. The van der Waals surface area contributed by atoms with Crippen LogP contribution in [0.25, 0.3) is 0 Å². The van der Waals surface area contributed by atoms with Gasteiger partial charge in [-0.25, -0.2) is 9.59 Å². The van der Waals surface area contributed by atoms with Crippen LogP contribution in [0.15, 0.2) is 42.5 Å². The van der Waals surface area contributed by atoms with Crippen LogP contribution in [-0.2, 0) is 16.0 Å². The lowest BCUT2D eigenvalue weighted by Crippen LogP contribution is -2.16. The van der Waals surface area contributed by atoms with Gasteiger partial charge in [0.1, 0.15) is 5.75 Å². The van der Waals surface area contributed by atoms with Gasteiger partial charge in [-0.2, -0.15) is 0 Å². The van der Waals surface area contributed by atoms with Gasteiger partial charge in [-0.3, -0.25) is 10.1 Å². The highest BCUT2D eigenvalue weighted by Gasteiger charge is 2.18. The van der Waals surface area contributed by atoms with Gasteiger partial charge in [0.25, 0.3) is 0 Å². The van der Waals surface area contributed by atoms with E-state index in [0.717, 1.165) is 18.4 Å². The van der Waals surface area contributed by atoms with Crippen molar-refractivity contribution in [2.75, 3.05) is 25.1 Å². The zero-order valence-corrected chi connectivity index (χ0v) is 18.4. The molecule has 0 saturated heterocycles. The number of ether oxygens (including phenoxy) is 3. The van der Waals surface area contributed by atoms with E-state index in [1.165, 1.54) is 0 Å². The predicted molar refractivity (Wildman–Crippen MR) is 120 cm³/mol. The Hall–Kier alpha value is -3.55. The normalized spacial score (nSPS) is 10.3. The SMILES string of the molecule is CCCCOC(=O)Nc1cccc(C(=O)CCc2ccc(OCC(=O)O)cc2)c1OCC. The lowest BCUT2D eigenvalue weighted by atomic mass is 10.0. The standard InChI is InChI=1S/C24H29NO7/c1-3-5-15-31-24(29)25-20-8-6-7-19(23(20)30-4-2)21(26)14-11-17-9-12-18(13-10-17)32-16-22(27)28/h6-10,12-13H,3-5,11,14-16H2,1-2H3,(H,25,29)(H,27,28). The van der Waals surface area contributed by atoms with Crippen molar-refractivity contribution in [2.24, 2.45) is 0 Å². The molecule has 32 heavy (non-hydrogen) atoms. The summed E-state index contributed by atoms with van der Waals surface area (Å²) in [7, 11) is 0. The van der Waals surface area contributed by atoms with Gasteiger partial charge in [-0.15, -0.1) is 0 Å². The van der Waals surface area contributed by atoms with Gasteiger partial charge in [-0.1, -0.05) is 31.5 Å². The quantitative estimate of drug-likeness (QED) is 0.340. The molecule has 0 aliphatic carbocycles. The van der Waals surface area contributed by atoms with Crippen LogP contribution >= 0.6 is 0 Å². The molecule has 0 unspecified atom stereocenters. The van der Waals surface area contributed by atoms with Crippen molar-refractivity contribution in [3.05, 3.63) is 53.6 Å². The second-order valence-corrected chi connectivity index (χ2v) is 6.98. The lowest BCUT2D eigenvalue weighted by molar-refractivity contribution is -0.139. The molecule has 2 N–H and O–H groups in total. The lowest BCUT2D eigenvalue weighted by Gasteiger charge is -2.15. The number of benzene rings is 2. The maximum atomic E-state index is 12.9. The summed E-state index contributed by atoms with van der Waals surface area (Å²) >= 11 is 0. The summed E-state index contributed by atoms with van der Waals surface area (Å²) in [5.74, 6) is -0.395. The minimum atomic E-state index is -1.05. The first kappa shape index (κ1) is 24.7. The van der Waals surface area contributed by atoms with E-state index < -0.39 is 18.7 Å². The Bertz CT molecular complexity index is 909. The molecule has 0 aromatic heterocycles. The van der Waals surface area contributed by atoms with E-state index in [9.17, 15) is 14.4 Å². The second-order valence-electron chi connectivity index (χ2n) is 6.98. The van der Waals surface area contributed by atoms with Crippen molar-refractivity contribution in [2.45, 2.75) is 39.5 Å². The molecule has 172 valence electrons. The summed E-state index contributed by atoms with van der Waals surface area (Å²) in [4.78, 5) is 35.5. The number of unbranched alkanes of at least 4 members (excludes halogenated alkanes) is 1. The fourth-order valence-corrected chi connectivity index (χ4v) is 2.90. The van der Waals surface area contributed by atoms with Gasteiger partial charge in [0.2, 0.25) is 0 Å². The fourth-order valence-electron chi connectivity index (χ4n) is 2.90. The number of para-hydroxylation sites is 1. The number of aliphatic carboxylic acids is 1. The summed E-state index contributed by atoms with van der Waals surface area (Å²) in [5, 5.41) is 11.3. The van der Waals surface area contributed by atoms with Crippen LogP contribution in [0.5, 0.6) is 11.5 Å². The van der Waals surface area contributed by atoms with Crippen LogP contribution in [0, 0.1) is 0 Å². The molecule has 0 saturated carbocycles. The molecule has 2 aromatic rings. The minimum Gasteiger partial charge on any atom is -0.491 e. The van der Waals surface area contributed by atoms with Crippen molar-refractivity contribution in [3.63, 3.8) is 0 Å². The molecule has 0 heterocycles. The molecule has 0 atom stereocenters. The van der Waals surface area contributed by atoms with Crippen LogP contribution in [0.2, 0.25) is 0 Å². The first-order valence-electron chi connectivity index (χ1n) is 10.6. The Kier molecular flexibility index (Phi) is 10.0. The van der Waals surface area contributed by atoms with Gasteiger partial charge in [0.15, 0.2) is 18.1 Å². The van der Waals surface area contributed by atoms with E-state index in [0.29, 0.717) is 42.4 Å². The smallest absolute Gasteiger partial charge is 0.411 e. The molecule has 0 radical (unpaired) electrons. The number of amides is 1. The van der Waals surface area contributed by atoms with Crippen LogP contribution in [0.1, 0.15) is 49.0 Å². The number of anilines is 1. The fraction of sp³-hybridized carbons (Fsp3) is 0.375. The molecule has 0 aliphatic heterocycles. The van der Waals surface area contributed by atoms with E-state index in [1.54, 1.807) is 49.4 Å². The first-order chi connectivity index (χ1) is 15.4. The Morgan fingerprint density at radius 3 is 2.41 bits per heavy atom. The summed E-state index contributed by atoms with van der Waals surface area (Å²) in [6, 6.07) is 11.9. The average Bonchev–Trinajstić information content (AvgIpc) is 2.78. The Labute approximate surface area is 187 Å². The minimum absolute atomic E-state index is 0.123. The number of hydrogen-bond acceptors (Lipinski definition) is 6. The number of rotatable bonds is 13. The highest BCUT2D eigenvalue weighted by molar-refractivity contribution is 6.01. The van der Waals surface area contributed by atoms with Gasteiger partial charge >= 0.3 is 12.1 Å². The first-order valence-corrected chi connectivity index (χ1v) is 10.6. The Balaban J connectivity index is 2.03. The molecular formula is C24H29NO7. The number of Topliss-reactive ketones (excluding diaryl/α,β-unsaturated/α-hetero) is 1. The van der Waals surface area contributed by atoms with Crippen molar-refractivity contribution >= 4 is 23.5 Å². The van der Waals surface area contributed by atoms with Crippen molar-refractivity contribution in [3.8, 4) is 11.5 Å². The summed E-state index contributed by atoms with van der Waals surface area (Å²) < 4.78 is 15.9. The van der Waals surface area contributed by atoms with E-state index in [-0.39, 0.29) is 12.2 Å². The number of nitrogens with one attached hydrogen (secondary N) is 1. The molecule has 8 heteroatoms. The molecule has 0 bridgehead atoms. The van der Waals surface area contributed by atoms with Gasteiger partial charge in [-0.05, 0) is 49.6 Å². The molecule has 0 aliphatic rings. The molecule has 8 nitrogen and oxygen atoms in total. The number of aryl methyl sites for hydroxylation is 1. The van der Waals surface area contributed by atoms with Crippen LogP contribution in [0.4, 0.5) is 10.5 Å². The highest BCUT2D eigenvalue weighted by atomic mass is 16.5. The number of carboxylic acids is 1. The molecular weight excluding hydrogens is 414 g/mol. The molecule has 2 aromatic carbocycles. The zero-order chi connectivity index (χ0) is 23.3. The number of hydrogen-bond donors (Lipinski definition) is 2. The van der Waals surface area contributed by atoms with Gasteiger partial charge in [0.05, 0.1) is 24.5 Å². The largest absolute Gasteiger partial charge is 0.491 e. The third-order valence-corrected chi connectivity index (χ3v) is 4.50. The Morgan fingerprint density at radius 1 is 1.00 bits per heavy atom. The molecule has 0 spiro atoms. The summed E-state index contributed by atoms with van der Waals surface area (Å²) in [5.41, 5.74) is 1.69. The van der Waals surface area contributed by atoms with E-state index in [2.05, 4.69) is 5.32 Å². The topological polar surface area (TPSA) is 111 Å². The summed E-state index contributed by atoms with van der Waals surface area (Å²) in [6.07, 6.45) is 1.82. The molecule has 2 rings (SSSR count). The van der Waals surface area contributed by atoms with E-state index in [4.69, 9.17) is 19.3 Å². The van der Waals surface area contributed by atoms with Gasteiger partial charge < -0.3 is 19.3 Å². The number of ketones is 1. The van der Waals surface area contributed by atoms with E-state index >= 15 is 0 Å². The van der Waals surface area contributed by atoms with Crippen LogP contribution in [-0.4, -0.2) is 42.8 Å². The molecule has 0 fully saturated rings. The van der Waals surface area contributed by atoms with Crippen molar-refractivity contribution in [1.82, 2.24) is 0 Å². The Morgan fingerprint density at radius 2 is 1.75 bits per heavy atom. The number of carboxylic acid groups (broad SMARTS) is 1. The van der Waals surface area contributed by atoms with E-state index in [1.807, 2.05) is 6.92 Å². The average molecular weight is 443 g/mol. The second kappa shape index (κ2) is 13.0. The third-order valence-electron chi connectivity index (χ3n) is 4.50.